The lowest BCUT2D eigenvalue weighted by Gasteiger charge is -2.28. The van der Waals surface area contributed by atoms with Gasteiger partial charge in [0, 0.05) is 10.6 Å². The van der Waals surface area contributed by atoms with Crippen molar-refractivity contribution in [2.24, 2.45) is 0 Å². The van der Waals surface area contributed by atoms with Crippen molar-refractivity contribution in [3.05, 3.63) is 76.3 Å². The molecule has 148 valence electrons. The molecule has 1 N–H and O–H groups in total. The normalized spacial score (nSPS) is 15.5. The van der Waals surface area contributed by atoms with Crippen LogP contribution in [0.1, 0.15) is 16.7 Å². The number of carbonyl (C=O) groups excluding carboxylic acids is 3. The van der Waals surface area contributed by atoms with Gasteiger partial charge in [0.05, 0.1) is 5.69 Å². The number of benzene rings is 2. The zero-order chi connectivity index (χ0) is 21.1. The van der Waals surface area contributed by atoms with E-state index in [1.165, 1.54) is 6.08 Å². The van der Waals surface area contributed by atoms with Gasteiger partial charge in [0.2, 0.25) is 0 Å². The largest absolute Gasteiger partial charge is 0.489 e. The lowest BCUT2D eigenvalue weighted by molar-refractivity contribution is -0.122. The molecule has 0 saturated carbocycles. The summed E-state index contributed by atoms with van der Waals surface area (Å²) in [5, 5.41) is 2.63. The Kier molecular flexibility index (Phi) is 5.84. The summed E-state index contributed by atoms with van der Waals surface area (Å²) in [6, 6.07) is 9.46. The quantitative estimate of drug-likeness (QED) is 0.455. The number of barbiturate groups is 1. The second kappa shape index (κ2) is 8.32. The molecule has 0 atom stereocenters. The highest BCUT2D eigenvalue weighted by Gasteiger charge is 2.37. The maximum Gasteiger partial charge on any atom is 0.335 e. The van der Waals surface area contributed by atoms with Crippen LogP contribution in [0.15, 0.2) is 54.6 Å². The summed E-state index contributed by atoms with van der Waals surface area (Å²) in [4.78, 5) is 38.9. The van der Waals surface area contributed by atoms with Gasteiger partial charge < -0.3 is 4.74 Å². The Bertz CT molecular complexity index is 1060. The Hall–Kier alpha value is -3.38. The summed E-state index contributed by atoms with van der Waals surface area (Å²) in [6.07, 6.45) is 2.94. The van der Waals surface area contributed by atoms with E-state index in [4.69, 9.17) is 16.3 Å². The highest BCUT2D eigenvalue weighted by Crippen LogP contribution is 2.29. The summed E-state index contributed by atoms with van der Waals surface area (Å²) in [5.41, 5.74) is 2.26. The lowest BCUT2D eigenvalue weighted by atomic mass is 10.0. The molecule has 1 aliphatic heterocycles. The van der Waals surface area contributed by atoms with Gasteiger partial charge >= 0.3 is 6.03 Å². The Labute approximate surface area is 173 Å². The summed E-state index contributed by atoms with van der Waals surface area (Å²) < 4.78 is 5.58. The predicted octanol–water partition coefficient (Wildman–Crippen LogP) is 4.19. The average Bonchev–Trinajstić information content (AvgIpc) is 2.67. The third-order valence-corrected chi connectivity index (χ3v) is 4.57. The minimum Gasteiger partial charge on any atom is -0.489 e. The van der Waals surface area contributed by atoms with Crippen molar-refractivity contribution in [2.45, 2.75) is 13.8 Å². The van der Waals surface area contributed by atoms with Crippen LogP contribution in [-0.2, 0) is 9.59 Å². The molecule has 4 amide bonds. The molecular weight excluding hydrogens is 392 g/mol. The standard InChI is InChI=1S/C22H19ClN2O4/c1-4-9-29-19-8-7-16(23)11-15(19)12-17-20(26)24-22(28)25(21(17)27)18-10-13(2)5-6-14(18)3/h4-8,10-12H,1,9H2,2-3H3,(H,24,26,28)/b17-12+. The highest BCUT2D eigenvalue weighted by atomic mass is 35.5. The number of carbonyl (C=O) groups is 3. The van der Waals surface area contributed by atoms with E-state index in [1.54, 1.807) is 37.3 Å². The first kappa shape index (κ1) is 20.4. The zero-order valence-electron chi connectivity index (χ0n) is 16.0. The van der Waals surface area contributed by atoms with Gasteiger partial charge in [-0.3, -0.25) is 14.9 Å². The maximum absolute atomic E-state index is 13.1. The van der Waals surface area contributed by atoms with E-state index in [2.05, 4.69) is 11.9 Å². The monoisotopic (exact) mass is 410 g/mol. The fourth-order valence-electron chi connectivity index (χ4n) is 2.90. The molecule has 29 heavy (non-hydrogen) atoms. The molecule has 0 radical (unpaired) electrons. The van der Waals surface area contributed by atoms with Crippen LogP contribution in [0.5, 0.6) is 5.75 Å². The number of aryl methyl sites for hydroxylation is 2. The number of amides is 4. The minimum atomic E-state index is -0.792. The topological polar surface area (TPSA) is 75.7 Å². The van der Waals surface area contributed by atoms with E-state index in [0.717, 1.165) is 16.0 Å². The van der Waals surface area contributed by atoms with Gasteiger partial charge in [0.15, 0.2) is 0 Å². The maximum atomic E-state index is 13.1. The van der Waals surface area contributed by atoms with Gasteiger partial charge in [-0.1, -0.05) is 36.4 Å². The molecule has 0 bridgehead atoms. The third kappa shape index (κ3) is 4.22. The first-order chi connectivity index (χ1) is 13.8. The van der Waals surface area contributed by atoms with Gasteiger partial charge in [-0.05, 0) is 55.3 Å². The number of rotatable bonds is 5. The van der Waals surface area contributed by atoms with Gasteiger partial charge in [-0.25, -0.2) is 9.69 Å². The van der Waals surface area contributed by atoms with Crippen molar-refractivity contribution in [2.75, 3.05) is 11.5 Å². The van der Waals surface area contributed by atoms with Crippen LogP contribution in [0.25, 0.3) is 6.08 Å². The van der Waals surface area contributed by atoms with Crippen molar-refractivity contribution >= 4 is 41.2 Å². The molecule has 0 unspecified atom stereocenters. The zero-order valence-corrected chi connectivity index (χ0v) is 16.7. The molecule has 3 rings (SSSR count). The Morgan fingerprint density at radius 2 is 1.90 bits per heavy atom. The first-order valence-corrected chi connectivity index (χ1v) is 9.21. The number of anilines is 1. The number of ether oxygens (including phenoxy) is 1. The van der Waals surface area contributed by atoms with Gasteiger partial charge in [0.25, 0.3) is 11.8 Å². The van der Waals surface area contributed by atoms with Crippen LogP contribution in [0.2, 0.25) is 5.02 Å². The molecule has 0 aliphatic carbocycles. The SMILES string of the molecule is C=CCOc1ccc(Cl)cc1/C=C1\C(=O)NC(=O)N(c2cc(C)ccc2C)C1=O. The summed E-state index contributed by atoms with van der Waals surface area (Å²) in [6.45, 7) is 7.48. The second-order valence-corrected chi connectivity index (χ2v) is 6.97. The number of hydrogen-bond donors (Lipinski definition) is 1. The lowest BCUT2D eigenvalue weighted by Crippen LogP contribution is -2.54. The van der Waals surface area contributed by atoms with E-state index in [0.29, 0.717) is 22.0 Å². The van der Waals surface area contributed by atoms with Crippen molar-refractivity contribution in [3.8, 4) is 5.75 Å². The average molecular weight is 411 g/mol. The van der Waals surface area contributed by atoms with E-state index in [-0.39, 0.29) is 12.2 Å². The second-order valence-electron chi connectivity index (χ2n) is 6.53. The number of nitrogens with one attached hydrogen (secondary N) is 1. The summed E-state index contributed by atoms with van der Waals surface area (Å²) >= 11 is 6.07. The van der Waals surface area contributed by atoms with E-state index >= 15 is 0 Å². The van der Waals surface area contributed by atoms with Crippen LogP contribution < -0.4 is 15.0 Å². The van der Waals surface area contributed by atoms with Crippen molar-refractivity contribution in [3.63, 3.8) is 0 Å². The van der Waals surface area contributed by atoms with Crippen molar-refractivity contribution in [1.29, 1.82) is 0 Å². The van der Waals surface area contributed by atoms with Crippen LogP contribution in [0.4, 0.5) is 10.5 Å². The fraction of sp³-hybridized carbons (Fsp3) is 0.136. The van der Waals surface area contributed by atoms with Crippen molar-refractivity contribution in [1.82, 2.24) is 5.32 Å². The van der Waals surface area contributed by atoms with Crippen LogP contribution in [-0.4, -0.2) is 24.5 Å². The smallest absolute Gasteiger partial charge is 0.335 e. The number of halogens is 1. The summed E-state index contributed by atoms with van der Waals surface area (Å²) in [5.74, 6) is -1.07. The molecule has 2 aromatic carbocycles. The van der Waals surface area contributed by atoms with Crippen molar-refractivity contribution < 1.29 is 19.1 Å². The van der Waals surface area contributed by atoms with Crippen LogP contribution >= 0.6 is 11.6 Å². The molecule has 7 heteroatoms. The summed E-state index contributed by atoms with van der Waals surface area (Å²) in [7, 11) is 0. The molecule has 1 saturated heterocycles. The minimum absolute atomic E-state index is 0.198. The Morgan fingerprint density at radius 1 is 1.14 bits per heavy atom. The molecule has 1 aliphatic rings. The number of urea groups is 1. The van der Waals surface area contributed by atoms with Gasteiger partial charge in [0.1, 0.15) is 17.9 Å². The number of hydrogen-bond acceptors (Lipinski definition) is 4. The predicted molar refractivity (Wildman–Crippen MR) is 112 cm³/mol. The first-order valence-electron chi connectivity index (χ1n) is 8.83. The molecule has 0 spiro atoms. The molecule has 0 aromatic heterocycles. The van der Waals surface area contributed by atoms with Crippen LogP contribution in [0.3, 0.4) is 0 Å². The van der Waals surface area contributed by atoms with Gasteiger partial charge in [-0.15, -0.1) is 0 Å². The highest BCUT2D eigenvalue weighted by molar-refractivity contribution is 6.39. The van der Waals surface area contributed by atoms with E-state index in [1.807, 2.05) is 19.1 Å². The Balaban J connectivity index is 2.08. The molecular formula is C22H19ClN2O4. The number of imide groups is 2. The number of nitrogens with zero attached hydrogens (tertiary/aromatic N) is 1. The fourth-order valence-corrected chi connectivity index (χ4v) is 3.08. The molecule has 1 heterocycles. The molecule has 2 aromatic rings. The van der Waals surface area contributed by atoms with E-state index < -0.39 is 17.8 Å². The van der Waals surface area contributed by atoms with Gasteiger partial charge in [-0.2, -0.15) is 0 Å². The Morgan fingerprint density at radius 3 is 2.62 bits per heavy atom. The van der Waals surface area contributed by atoms with E-state index in [9.17, 15) is 14.4 Å². The molecule has 6 nitrogen and oxygen atoms in total. The van der Waals surface area contributed by atoms with Crippen LogP contribution in [0, 0.1) is 13.8 Å². The molecule has 1 fully saturated rings. The third-order valence-electron chi connectivity index (χ3n) is 4.34.